The molecule has 5 heteroatoms. The van der Waals surface area contributed by atoms with Crippen LogP contribution < -0.4 is 0 Å². The summed E-state index contributed by atoms with van der Waals surface area (Å²) in [4.78, 5) is 11.4. The van der Waals surface area contributed by atoms with E-state index < -0.39 is 29.9 Å². The van der Waals surface area contributed by atoms with Gasteiger partial charge in [0, 0.05) is 12.5 Å². The van der Waals surface area contributed by atoms with Gasteiger partial charge in [-0.15, -0.1) is 0 Å². The van der Waals surface area contributed by atoms with Crippen LogP contribution in [0.25, 0.3) is 0 Å². The second-order valence-electron chi connectivity index (χ2n) is 11.3. The molecule has 7 atom stereocenters. The van der Waals surface area contributed by atoms with Gasteiger partial charge in [-0.05, 0) is 74.7 Å². The lowest BCUT2D eigenvalue weighted by Gasteiger charge is -2.63. The summed E-state index contributed by atoms with van der Waals surface area (Å²) in [5.74, 6) is -0.160. The van der Waals surface area contributed by atoms with Crippen molar-refractivity contribution in [1.82, 2.24) is 0 Å². The standard InChI is InChI=1S/C25H40O5/c1-15(12-17(26)21-16(2)13-20(28)30-21)8-9-19-24(5)11-7-10-23(3,4)22(24)18(27)14-25(19,6)29/h12-13,17-19,21-22,26-27,29H,7-11,14H2,1-6H3/b15-12+/t17-,18-,19+,21-,22-,24+,25+/m0/s1. The van der Waals surface area contributed by atoms with Crippen molar-refractivity contribution in [3.8, 4) is 0 Å². The Morgan fingerprint density at radius 1 is 1.30 bits per heavy atom. The molecule has 30 heavy (non-hydrogen) atoms. The predicted octanol–water partition coefficient (Wildman–Crippen LogP) is 3.91. The molecule has 3 N–H and O–H groups in total. The first-order valence-corrected chi connectivity index (χ1v) is 11.4. The van der Waals surface area contributed by atoms with Gasteiger partial charge in [-0.25, -0.2) is 4.79 Å². The number of esters is 1. The average Bonchev–Trinajstić information content (AvgIpc) is 2.90. The minimum Gasteiger partial charge on any atom is -0.452 e. The van der Waals surface area contributed by atoms with E-state index in [2.05, 4.69) is 20.8 Å². The largest absolute Gasteiger partial charge is 0.452 e. The summed E-state index contributed by atoms with van der Waals surface area (Å²) in [6, 6.07) is 0. The van der Waals surface area contributed by atoms with Crippen molar-refractivity contribution in [2.75, 3.05) is 0 Å². The molecule has 0 aromatic heterocycles. The van der Waals surface area contributed by atoms with Crippen LogP contribution in [0.2, 0.25) is 0 Å². The van der Waals surface area contributed by atoms with Crippen molar-refractivity contribution in [2.24, 2.45) is 22.7 Å². The molecule has 3 aliphatic rings. The summed E-state index contributed by atoms with van der Waals surface area (Å²) in [6.07, 6.45) is 6.45. The number of cyclic esters (lactones) is 1. The van der Waals surface area contributed by atoms with Crippen molar-refractivity contribution >= 4 is 5.97 Å². The Bertz CT molecular complexity index is 734. The van der Waals surface area contributed by atoms with Crippen LogP contribution in [-0.4, -0.2) is 45.2 Å². The first-order chi connectivity index (χ1) is 13.8. The number of hydrogen-bond acceptors (Lipinski definition) is 5. The predicted molar refractivity (Wildman–Crippen MR) is 117 cm³/mol. The fraction of sp³-hybridized carbons (Fsp3) is 0.800. The lowest BCUT2D eigenvalue weighted by molar-refractivity contribution is -0.214. The van der Waals surface area contributed by atoms with Gasteiger partial charge in [-0.3, -0.25) is 0 Å². The summed E-state index contributed by atoms with van der Waals surface area (Å²) < 4.78 is 5.19. The van der Waals surface area contributed by atoms with Gasteiger partial charge in [-0.1, -0.05) is 38.8 Å². The third-order valence-electron chi connectivity index (χ3n) is 8.27. The first kappa shape index (κ1) is 23.5. The van der Waals surface area contributed by atoms with Crippen LogP contribution in [0.1, 0.15) is 80.1 Å². The number of hydrogen-bond donors (Lipinski definition) is 3. The maximum Gasteiger partial charge on any atom is 0.331 e. The summed E-state index contributed by atoms with van der Waals surface area (Å²) in [5, 5.41) is 32.8. The van der Waals surface area contributed by atoms with E-state index in [9.17, 15) is 20.1 Å². The van der Waals surface area contributed by atoms with E-state index in [-0.39, 0.29) is 22.7 Å². The monoisotopic (exact) mass is 420 g/mol. The van der Waals surface area contributed by atoms with Gasteiger partial charge in [0.1, 0.15) is 6.10 Å². The lowest BCUT2D eigenvalue weighted by Crippen LogP contribution is -2.62. The number of allylic oxidation sites excluding steroid dienone is 1. The molecular formula is C25H40O5. The maximum atomic E-state index is 11.4. The molecule has 5 nitrogen and oxygen atoms in total. The Kier molecular flexibility index (Phi) is 6.32. The molecular weight excluding hydrogens is 380 g/mol. The van der Waals surface area contributed by atoms with Crippen molar-refractivity contribution < 1.29 is 24.9 Å². The van der Waals surface area contributed by atoms with Crippen LogP contribution in [0.3, 0.4) is 0 Å². The Morgan fingerprint density at radius 3 is 2.57 bits per heavy atom. The minimum absolute atomic E-state index is 0.0540. The Hall–Kier alpha value is -1.17. The second kappa shape index (κ2) is 8.07. The van der Waals surface area contributed by atoms with E-state index in [0.29, 0.717) is 6.42 Å². The molecule has 1 aliphatic heterocycles. The SMILES string of the molecule is CC1=CC(=O)O[C@@H]1[C@@H](O)/C=C(\C)CC[C@@H]1[C@@]2(C)CCCC(C)(C)[C@@H]2[C@@H](O)C[C@@]1(C)O. The third kappa shape index (κ3) is 4.26. The molecule has 3 rings (SSSR count). The van der Waals surface area contributed by atoms with Gasteiger partial charge >= 0.3 is 5.97 Å². The van der Waals surface area contributed by atoms with Crippen LogP contribution in [0.15, 0.2) is 23.3 Å². The Labute approximate surface area is 181 Å². The molecule has 0 radical (unpaired) electrons. The fourth-order valence-corrected chi connectivity index (χ4v) is 7.21. The van der Waals surface area contributed by atoms with Crippen molar-refractivity contribution in [1.29, 1.82) is 0 Å². The maximum absolute atomic E-state index is 11.4. The molecule has 0 unspecified atom stereocenters. The van der Waals surface area contributed by atoms with Crippen LogP contribution in [0.4, 0.5) is 0 Å². The Morgan fingerprint density at radius 2 is 1.97 bits per heavy atom. The molecule has 0 saturated heterocycles. The summed E-state index contributed by atoms with van der Waals surface area (Å²) in [7, 11) is 0. The zero-order valence-corrected chi connectivity index (χ0v) is 19.4. The van der Waals surface area contributed by atoms with E-state index in [1.54, 1.807) is 13.0 Å². The van der Waals surface area contributed by atoms with Crippen LogP contribution in [-0.2, 0) is 9.53 Å². The number of rotatable bonds is 5. The van der Waals surface area contributed by atoms with Gasteiger partial charge in [0.25, 0.3) is 0 Å². The van der Waals surface area contributed by atoms with Gasteiger partial charge in [0.15, 0.2) is 6.10 Å². The van der Waals surface area contributed by atoms with Gasteiger partial charge in [0.05, 0.1) is 11.7 Å². The molecule has 2 fully saturated rings. The highest BCUT2D eigenvalue weighted by atomic mass is 16.6. The van der Waals surface area contributed by atoms with E-state index in [0.717, 1.165) is 43.3 Å². The summed E-state index contributed by atoms with van der Waals surface area (Å²) in [6.45, 7) is 12.4. The van der Waals surface area contributed by atoms with Gasteiger partial charge in [-0.2, -0.15) is 0 Å². The molecule has 0 aromatic rings. The number of carbonyl (C=O) groups is 1. The zero-order chi connectivity index (χ0) is 22.5. The summed E-state index contributed by atoms with van der Waals surface area (Å²) >= 11 is 0. The molecule has 0 spiro atoms. The third-order valence-corrected chi connectivity index (χ3v) is 8.27. The van der Waals surface area contributed by atoms with E-state index in [1.165, 1.54) is 6.08 Å². The molecule has 1 heterocycles. The highest BCUT2D eigenvalue weighted by Gasteiger charge is 2.60. The molecule has 0 bridgehead atoms. The smallest absolute Gasteiger partial charge is 0.331 e. The van der Waals surface area contributed by atoms with E-state index in [4.69, 9.17) is 4.74 Å². The lowest BCUT2D eigenvalue weighted by atomic mass is 9.44. The molecule has 2 saturated carbocycles. The first-order valence-electron chi connectivity index (χ1n) is 11.4. The van der Waals surface area contributed by atoms with Crippen molar-refractivity contribution in [3.63, 3.8) is 0 Å². The topological polar surface area (TPSA) is 87.0 Å². The highest BCUT2D eigenvalue weighted by molar-refractivity contribution is 5.85. The second-order valence-corrected chi connectivity index (χ2v) is 11.3. The van der Waals surface area contributed by atoms with E-state index >= 15 is 0 Å². The number of aliphatic hydroxyl groups is 3. The number of fused-ring (bicyclic) bond motifs is 1. The quantitative estimate of drug-likeness (QED) is 0.464. The van der Waals surface area contributed by atoms with Gasteiger partial charge in [0.2, 0.25) is 0 Å². The minimum atomic E-state index is -0.919. The van der Waals surface area contributed by atoms with Crippen LogP contribution in [0, 0.1) is 22.7 Å². The average molecular weight is 421 g/mol. The fourth-order valence-electron chi connectivity index (χ4n) is 7.21. The number of aliphatic hydroxyl groups excluding tert-OH is 2. The zero-order valence-electron chi connectivity index (χ0n) is 19.4. The van der Waals surface area contributed by atoms with Crippen molar-refractivity contribution in [2.45, 2.75) is 104 Å². The number of ether oxygens (including phenoxy) is 1. The van der Waals surface area contributed by atoms with Crippen LogP contribution in [0.5, 0.6) is 0 Å². The molecule has 0 aromatic carbocycles. The summed E-state index contributed by atoms with van der Waals surface area (Å²) in [5.41, 5.74) is 0.772. The normalized spacial score (nSPS) is 42.4. The Balaban J connectivity index is 1.75. The van der Waals surface area contributed by atoms with Gasteiger partial charge < -0.3 is 20.1 Å². The molecule has 170 valence electrons. The molecule has 0 amide bonds. The number of carbonyl (C=O) groups excluding carboxylic acids is 1. The van der Waals surface area contributed by atoms with Crippen molar-refractivity contribution in [3.05, 3.63) is 23.3 Å². The van der Waals surface area contributed by atoms with Crippen LogP contribution >= 0.6 is 0 Å². The molecule has 2 aliphatic carbocycles. The highest BCUT2D eigenvalue weighted by Crippen LogP contribution is 2.63. The van der Waals surface area contributed by atoms with E-state index in [1.807, 2.05) is 13.8 Å².